The number of nitrogen functional groups attached to an aromatic ring is 1. The molecular formula is C26H27F4N5O2. The fourth-order valence-electron chi connectivity index (χ4n) is 6.42. The third-order valence-corrected chi connectivity index (χ3v) is 8.07. The van der Waals surface area contributed by atoms with Gasteiger partial charge in [-0.15, -0.1) is 13.2 Å². The quantitative estimate of drug-likeness (QED) is 0.352. The molecule has 4 heterocycles. The second kappa shape index (κ2) is 8.90. The topological polar surface area (TPSA) is 96.3 Å². The molecule has 1 amide bonds. The molecule has 2 aromatic heterocycles. The van der Waals surface area contributed by atoms with Crippen molar-refractivity contribution in [2.24, 2.45) is 5.92 Å². The number of halogens is 4. The molecule has 2 aliphatic heterocycles. The number of alkyl halides is 3. The summed E-state index contributed by atoms with van der Waals surface area (Å²) in [6, 6.07) is 3.32. The number of H-pyrrole nitrogens is 1. The molecule has 3 aliphatic rings. The highest BCUT2D eigenvalue weighted by Gasteiger charge is 2.39. The average Bonchev–Trinajstić information content (AvgIpc) is 3.39. The van der Waals surface area contributed by atoms with Gasteiger partial charge in [-0.25, -0.2) is 9.37 Å². The molecule has 196 valence electrons. The van der Waals surface area contributed by atoms with Crippen LogP contribution in [0.25, 0.3) is 11.0 Å². The van der Waals surface area contributed by atoms with E-state index in [4.69, 9.17) is 5.73 Å². The van der Waals surface area contributed by atoms with Crippen molar-refractivity contribution in [3.63, 3.8) is 0 Å². The summed E-state index contributed by atoms with van der Waals surface area (Å²) in [5, 5.41) is 4.36. The highest BCUT2D eigenvalue weighted by atomic mass is 19.4. The Balaban J connectivity index is 1.21. The molecule has 0 saturated carbocycles. The number of hydrogen-bond donors (Lipinski definition) is 3. The maximum atomic E-state index is 15.3. The Morgan fingerprint density at radius 1 is 1.19 bits per heavy atom. The molecule has 1 aliphatic carbocycles. The number of likely N-dealkylation sites (tertiary alicyclic amines) is 1. The number of aromatic amines is 1. The summed E-state index contributed by atoms with van der Waals surface area (Å²) in [5.41, 5.74) is 9.69. The molecule has 7 nitrogen and oxygen atoms in total. The third kappa shape index (κ3) is 4.28. The van der Waals surface area contributed by atoms with Crippen LogP contribution in [0.15, 0.2) is 24.4 Å². The summed E-state index contributed by atoms with van der Waals surface area (Å²) in [5.74, 6) is -0.291. The predicted molar refractivity (Wildman–Crippen MR) is 129 cm³/mol. The maximum absolute atomic E-state index is 15.3. The average molecular weight is 518 g/mol. The van der Waals surface area contributed by atoms with Crippen LogP contribution in [-0.2, 0) is 6.42 Å². The van der Waals surface area contributed by atoms with Crippen LogP contribution in [0.5, 0.6) is 5.75 Å². The fraction of sp³-hybridized carbons (Fsp3) is 0.462. The molecule has 2 fully saturated rings. The fourth-order valence-corrected chi connectivity index (χ4v) is 6.42. The lowest BCUT2D eigenvalue weighted by Gasteiger charge is -2.33. The number of nitrogens with one attached hydrogen (secondary N) is 2. The monoisotopic (exact) mass is 517 g/mol. The molecule has 0 radical (unpaired) electrons. The number of anilines is 1. The molecule has 0 bridgehead atoms. The minimum atomic E-state index is -4.85. The maximum Gasteiger partial charge on any atom is 0.573 e. The summed E-state index contributed by atoms with van der Waals surface area (Å²) in [7, 11) is 0. The van der Waals surface area contributed by atoms with Crippen molar-refractivity contribution < 1.29 is 27.1 Å². The Labute approximate surface area is 210 Å². The van der Waals surface area contributed by atoms with Gasteiger partial charge in [0.2, 0.25) is 0 Å². The molecule has 11 heteroatoms. The van der Waals surface area contributed by atoms with E-state index in [1.807, 2.05) is 0 Å². The number of ether oxygens (including phenoxy) is 1. The summed E-state index contributed by atoms with van der Waals surface area (Å²) in [6.45, 7) is 2.70. The van der Waals surface area contributed by atoms with Gasteiger partial charge in [-0.3, -0.25) is 4.79 Å². The Hall–Kier alpha value is -3.34. The molecule has 1 aromatic carbocycles. The van der Waals surface area contributed by atoms with Gasteiger partial charge in [0.05, 0.1) is 11.8 Å². The largest absolute Gasteiger partial charge is 0.573 e. The lowest BCUT2D eigenvalue weighted by Crippen LogP contribution is -2.38. The number of aromatic nitrogens is 2. The standard InChI is InChI=1S/C26H27F4N5O2/c27-19-12-33-24-22(18-9-14-11-32-6-3-16(14)23(18)34-24)21(19)13-4-7-35(8-5-13)25(36)17-2-1-15(10-20(17)31)37-26(28,29)30/h1-2,10,12-14,16,32H,3-9,11,31H2,(H,33,34)/t14-,16-/m1/s1. The lowest BCUT2D eigenvalue weighted by molar-refractivity contribution is -0.274. The number of carbonyl (C=O) groups is 1. The molecule has 2 atom stereocenters. The first kappa shape index (κ1) is 24.0. The summed E-state index contributed by atoms with van der Waals surface area (Å²) in [4.78, 5) is 22.5. The third-order valence-electron chi connectivity index (χ3n) is 8.07. The van der Waals surface area contributed by atoms with Crippen LogP contribution >= 0.6 is 0 Å². The zero-order valence-electron chi connectivity index (χ0n) is 20.0. The smallest absolute Gasteiger partial charge is 0.406 e. The zero-order valence-corrected chi connectivity index (χ0v) is 20.0. The number of rotatable bonds is 3. The van der Waals surface area contributed by atoms with Crippen molar-refractivity contribution in [1.82, 2.24) is 20.2 Å². The van der Waals surface area contributed by atoms with Gasteiger partial charge in [0.15, 0.2) is 0 Å². The van der Waals surface area contributed by atoms with E-state index in [-0.39, 0.29) is 28.9 Å². The van der Waals surface area contributed by atoms with E-state index in [1.165, 1.54) is 23.5 Å². The molecule has 3 aromatic rings. The van der Waals surface area contributed by atoms with Gasteiger partial charge in [-0.2, -0.15) is 0 Å². The number of nitrogens with zero attached hydrogens (tertiary/aromatic N) is 2. The van der Waals surface area contributed by atoms with Crippen molar-refractivity contribution >= 4 is 22.6 Å². The Bertz CT molecular complexity index is 1360. The Morgan fingerprint density at radius 3 is 2.70 bits per heavy atom. The van der Waals surface area contributed by atoms with E-state index in [9.17, 15) is 18.0 Å². The Kier molecular flexibility index (Phi) is 5.78. The van der Waals surface area contributed by atoms with Crippen LogP contribution in [-0.4, -0.2) is 53.3 Å². The van der Waals surface area contributed by atoms with E-state index in [0.717, 1.165) is 49.1 Å². The van der Waals surface area contributed by atoms with Gasteiger partial charge in [0, 0.05) is 47.4 Å². The highest BCUT2D eigenvalue weighted by Crippen LogP contribution is 2.47. The van der Waals surface area contributed by atoms with Gasteiger partial charge < -0.3 is 25.7 Å². The van der Waals surface area contributed by atoms with Crippen molar-refractivity contribution in [2.75, 3.05) is 31.9 Å². The van der Waals surface area contributed by atoms with E-state index in [1.54, 1.807) is 4.90 Å². The number of benzene rings is 1. The lowest BCUT2D eigenvalue weighted by atomic mass is 9.86. The number of hydrogen-bond acceptors (Lipinski definition) is 5. The van der Waals surface area contributed by atoms with Crippen molar-refractivity contribution in [1.29, 1.82) is 0 Å². The van der Waals surface area contributed by atoms with Gasteiger partial charge in [-0.1, -0.05) is 0 Å². The summed E-state index contributed by atoms with van der Waals surface area (Å²) < 4.78 is 56.6. The van der Waals surface area contributed by atoms with Crippen LogP contribution in [0, 0.1) is 11.7 Å². The SMILES string of the molecule is Nc1cc(OC(F)(F)F)ccc1C(=O)N1CCC(c2c(F)cnc3[nH]c4c(c23)C[C@@H]2CNCC[C@@H]42)CC1. The van der Waals surface area contributed by atoms with Crippen LogP contribution in [0.4, 0.5) is 23.2 Å². The van der Waals surface area contributed by atoms with Gasteiger partial charge in [-0.05, 0) is 68.3 Å². The number of pyridine rings is 1. The number of carbonyl (C=O) groups excluding carboxylic acids is 1. The van der Waals surface area contributed by atoms with Gasteiger partial charge in [0.1, 0.15) is 17.2 Å². The molecular weight excluding hydrogens is 490 g/mol. The van der Waals surface area contributed by atoms with Crippen molar-refractivity contribution in [2.45, 2.75) is 43.9 Å². The van der Waals surface area contributed by atoms with E-state index in [2.05, 4.69) is 20.0 Å². The van der Waals surface area contributed by atoms with Crippen LogP contribution < -0.4 is 15.8 Å². The van der Waals surface area contributed by atoms with Crippen LogP contribution in [0.3, 0.4) is 0 Å². The summed E-state index contributed by atoms with van der Waals surface area (Å²) in [6.07, 6.45) is -0.490. The van der Waals surface area contributed by atoms with E-state index >= 15 is 4.39 Å². The zero-order chi connectivity index (χ0) is 25.9. The van der Waals surface area contributed by atoms with E-state index in [0.29, 0.717) is 43.3 Å². The second-order valence-corrected chi connectivity index (χ2v) is 10.2. The van der Waals surface area contributed by atoms with E-state index < -0.39 is 12.1 Å². The normalized spacial score (nSPS) is 22.2. The second-order valence-electron chi connectivity index (χ2n) is 10.2. The Morgan fingerprint density at radius 2 is 1.97 bits per heavy atom. The van der Waals surface area contributed by atoms with Crippen LogP contribution in [0.1, 0.15) is 58.3 Å². The summed E-state index contributed by atoms with van der Waals surface area (Å²) >= 11 is 0. The van der Waals surface area contributed by atoms with Crippen molar-refractivity contribution in [3.05, 3.63) is 52.6 Å². The first-order valence-corrected chi connectivity index (χ1v) is 12.5. The molecule has 0 spiro atoms. The molecule has 37 heavy (non-hydrogen) atoms. The minimum Gasteiger partial charge on any atom is -0.406 e. The van der Waals surface area contributed by atoms with Crippen LogP contribution in [0.2, 0.25) is 0 Å². The first-order chi connectivity index (χ1) is 17.7. The molecule has 2 saturated heterocycles. The highest BCUT2D eigenvalue weighted by molar-refractivity contribution is 5.99. The van der Waals surface area contributed by atoms with Gasteiger partial charge >= 0.3 is 6.36 Å². The number of amides is 1. The number of piperidine rings is 2. The van der Waals surface area contributed by atoms with Crippen molar-refractivity contribution in [3.8, 4) is 5.75 Å². The predicted octanol–water partition coefficient (Wildman–Crippen LogP) is 4.45. The number of fused-ring (bicyclic) bond motifs is 5. The van der Waals surface area contributed by atoms with Gasteiger partial charge in [0.25, 0.3) is 5.91 Å². The minimum absolute atomic E-state index is 0.0740. The molecule has 4 N–H and O–H groups in total. The molecule has 6 rings (SSSR count). The number of nitrogens with two attached hydrogens (primary N) is 1. The first-order valence-electron chi connectivity index (χ1n) is 12.5. The molecule has 0 unspecified atom stereocenters.